The van der Waals surface area contributed by atoms with Crippen LogP contribution >= 0.6 is 11.6 Å². The van der Waals surface area contributed by atoms with Crippen LogP contribution in [0.5, 0.6) is 0 Å². The van der Waals surface area contributed by atoms with Crippen molar-refractivity contribution < 1.29 is 4.74 Å². The molecule has 1 heterocycles. The second-order valence-electron chi connectivity index (χ2n) is 6.55. The van der Waals surface area contributed by atoms with Gasteiger partial charge in [-0.1, -0.05) is 23.7 Å². The van der Waals surface area contributed by atoms with E-state index in [9.17, 15) is 0 Å². The predicted molar refractivity (Wildman–Crippen MR) is 83.4 cm³/mol. The molecule has 0 spiro atoms. The fourth-order valence-corrected chi connectivity index (χ4v) is 3.46. The minimum absolute atomic E-state index is 0.196. The van der Waals surface area contributed by atoms with E-state index in [1.54, 1.807) is 0 Å². The number of hydrogen-bond donors (Lipinski definition) is 1. The van der Waals surface area contributed by atoms with Gasteiger partial charge >= 0.3 is 0 Å². The molecule has 2 fully saturated rings. The van der Waals surface area contributed by atoms with Crippen LogP contribution in [0.25, 0.3) is 0 Å². The normalized spacial score (nSPS) is 29.9. The average Bonchev–Trinajstić information content (AvgIpc) is 3.17. The Bertz CT molecular complexity index is 486. The Morgan fingerprint density at radius 1 is 1.40 bits per heavy atom. The molecule has 1 aliphatic carbocycles. The first-order valence-electron chi connectivity index (χ1n) is 7.69. The first kappa shape index (κ1) is 14.4. The number of hydrogen-bond acceptors (Lipinski definition) is 2. The molecule has 0 radical (unpaired) electrons. The number of halogens is 1. The third-order valence-corrected chi connectivity index (χ3v) is 5.25. The van der Waals surface area contributed by atoms with E-state index < -0.39 is 0 Å². The Morgan fingerprint density at radius 3 is 2.80 bits per heavy atom. The highest BCUT2D eigenvalue weighted by Gasteiger charge is 2.42. The highest BCUT2D eigenvalue weighted by molar-refractivity contribution is 6.31. The molecule has 0 bridgehead atoms. The average molecular weight is 294 g/mol. The molecule has 1 aromatic rings. The molecule has 20 heavy (non-hydrogen) atoms. The molecule has 3 heteroatoms. The highest BCUT2D eigenvalue weighted by atomic mass is 35.5. The first-order valence-corrected chi connectivity index (χ1v) is 8.07. The van der Waals surface area contributed by atoms with Gasteiger partial charge in [-0.25, -0.2) is 0 Å². The van der Waals surface area contributed by atoms with Gasteiger partial charge in [-0.2, -0.15) is 0 Å². The molecular weight excluding hydrogens is 270 g/mol. The Hall–Kier alpha value is -0.570. The van der Waals surface area contributed by atoms with Crippen LogP contribution in [0, 0.1) is 12.3 Å². The number of rotatable bonds is 5. The molecule has 0 aromatic heterocycles. The molecule has 3 rings (SSSR count). The fraction of sp³-hybridized carbons (Fsp3) is 0.647. The van der Waals surface area contributed by atoms with E-state index in [0.29, 0.717) is 6.10 Å². The molecule has 2 aliphatic rings. The van der Waals surface area contributed by atoms with Crippen molar-refractivity contribution in [3.63, 3.8) is 0 Å². The maximum absolute atomic E-state index is 6.43. The zero-order valence-corrected chi connectivity index (χ0v) is 13.2. The fourth-order valence-electron chi connectivity index (χ4n) is 3.16. The lowest BCUT2D eigenvalue weighted by Crippen LogP contribution is -2.42. The van der Waals surface area contributed by atoms with Crippen LogP contribution in [0.1, 0.15) is 37.3 Å². The van der Waals surface area contributed by atoms with Gasteiger partial charge in [-0.3, -0.25) is 0 Å². The van der Waals surface area contributed by atoms with Crippen molar-refractivity contribution in [2.45, 2.75) is 51.7 Å². The molecule has 2 nitrogen and oxygen atoms in total. The van der Waals surface area contributed by atoms with Crippen LogP contribution in [0.15, 0.2) is 18.2 Å². The lowest BCUT2D eigenvalue weighted by Gasteiger charge is -2.33. The molecule has 110 valence electrons. The van der Waals surface area contributed by atoms with Gasteiger partial charge in [0, 0.05) is 29.6 Å². The summed E-state index contributed by atoms with van der Waals surface area (Å²) in [6.45, 7) is 6.21. The van der Waals surface area contributed by atoms with Gasteiger partial charge in [0.05, 0.1) is 6.10 Å². The standard InChI is InChI=1S/C17H24ClNO/c1-12-3-4-14(16(18)9-12)10-17(7-8-20-13(17)2)11-19-15-5-6-15/h3-4,9,13,15,19H,5-8,10-11H2,1-2H3. The van der Waals surface area contributed by atoms with Crippen LogP contribution in [-0.4, -0.2) is 25.3 Å². The zero-order chi connectivity index (χ0) is 14.2. The summed E-state index contributed by atoms with van der Waals surface area (Å²) >= 11 is 6.43. The number of nitrogens with one attached hydrogen (secondary N) is 1. The summed E-state index contributed by atoms with van der Waals surface area (Å²) < 4.78 is 5.87. The summed E-state index contributed by atoms with van der Waals surface area (Å²) in [7, 11) is 0. The monoisotopic (exact) mass is 293 g/mol. The molecule has 0 amide bonds. The molecule has 2 atom stereocenters. The molecule has 1 saturated heterocycles. The van der Waals surface area contributed by atoms with E-state index >= 15 is 0 Å². The maximum atomic E-state index is 6.43. The lowest BCUT2D eigenvalue weighted by atomic mass is 9.76. The van der Waals surface area contributed by atoms with Crippen molar-refractivity contribution in [3.05, 3.63) is 34.3 Å². The van der Waals surface area contributed by atoms with Gasteiger partial charge in [0.2, 0.25) is 0 Å². The predicted octanol–water partition coefficient (Wildman–Crippen LogP) is 3.74. The largest absolute Gasteiger partial charge is 0.378 e. The third-order valence-electron chi connectivity index (χ3n) is 4.90. The van der Waals surface area contributed by atoms with Crippen molar-refractivity contribution in [2.75, 3.05) is 13.2 Å². The third kappa shape index (κ3) is 3.03. The van der Waals surface area contributed by atoms with E-state index in [4.69, 9.17) is 16.3 Å². The van der Waals surface area contributed by atoms with Crippen molar-refractivity contribution in [1.82, 2.24) is 5.32 Å². The second-order valence-corrected chi connectivity index (χ2v) is 6.96. The van der Waals surface area contributed by atoms with Crippen molar-refractivity contribution >= 4 is 11.6 Å². The van der Waals surface area contributed by atoms with Crippen LogP contribution in [-0.2, 0) is 11.2 Å². The summed E-state index contributed by atoms with van der Waals surface area (Å²) in [5.41, 5.74) is 2.67. The van der Waals surface area contributed by atoms with Gasteiger partial charge in [-0.15, -0.1) is 0 Å². The van der Waals surface area contributed by atoms with Gasteiger partial charge in [0.25, 0.3) is 0 Å². The van der Waals surface area contributed by atoms with Crippen LogP contribution in [0.2, 0.25) is 5.02 Å². The summed E-state index contributed by atoms with van der Waals surface area (Å²) in [4.78, 5) is 0. The minimum Gasteiger partial charge on any atom is -0.378 e. The van der Waals surface area contributed by atoms with Gasteiger partial charge in [-0.05, 0) is 56.7 Å². The molecule has 1 N–H and O–H groups in total. The van der Waals surface area contributed by atoms with E-state index in [0.717, 1.165) is 37.1 Å². The summed E-state index contributed by atoms with van der Waals surface area (Å²) in [5.74, 6) is 0. The van der Waals surface area contributed by atoms with Crippen LogP contribution in [0.3, 0.4) is 0 Å². The molecular formula is C17H24ClNO. The first-order chi connectivity index (χ1) is 9.59. The highest BCUT2D eigenvalue weighted by Crippen LogP contribution is 2.40. The summed E-state index contributed by atoms with van der Waals surface area (Å²) in [5, 5.41) is 4.60. The van der Waals surface area contributed by atoms with Crippen molar-refractivity contribution in [2.24, 2.45) is 5.41 Å². The van der Waals surface area contributed by atoms with E-state index in [1.165, 1.54) is 24.0 Å². The zero-order valence-electron chi connectivity index (χ0n) is 12.4. The number of benzene rings is 1. The molecule has 2 unspecified atom stereocenters. The van der Waals surface area contributed by atoms with Gasteiger partial charge < -0.3 is 10.1 Å². The molecule has 1 saturated carbocycles. The Balaban J connectivity index is 1.78. The number of aryl methyl sites for hydroxylation is 1. The van der Waals surface area contributed by atoms with E-state index in [2.05, 4.69) is 37.4 Å². The SMILES string of the molecule is Cc1ccc(CC2(CNC3CC3)CCOC2C)c(Cl)c1. The maximum Gasteiger partial charge on any atom is 0.0619 e. The Labute approximate surface area is 126 Å². The molecule has 1 aromatic carbocycles. The summed E-state index contributed by atoms with van der Waals surface area (Å²) in [6.07, 6.45) is 5.09. The Morgan fingerprint density at radius 2 is 2.20 bits per heavy atom. The quantitative estimate of drug-likeness (QED) is 0.893. The minimum atomic E-state index is 0.196. The second kappa shape index (κ2) is 5.67. The topological polar surface area (TPSA) is 21.3 Å². The number of ether oxygens (including phenoxy) is 1. The van der Waals surface area contributed by atoms with Gasteiger partial charge in [0.15, 0.2) is 0 Å². The van der Waals surface area contributed by atoms with E-state index in [1.807, 2.05) is 0 Å². The van der Waals surface area contributed by atoms with Crippen molar-refractivity contribution in [3.8, 4) is 0 Å². The van der Waals surface area contributed by atoms with Crippen LogP contribution in [0.4, 0.5) is 0 Å². The summed E-state index contributed by atoms with van der Waals surface area (Å²) in [6, 6.07) is 7.15. The lowest BCUT2D eigenvalue weighted by molar-refractivity contribution is 0.0628. The smallest absolute Gasteiger partial charge is 0.0619 e. The molecule has 1 aliphatic heterocycles. The van der Waals surface area contributed by atoms with Crippen molar-refractivity contribution in [1.29, 1.82) is 0 Å². The van der Waals surface area contributed by atoms with E-state index in [-0.39, 0.29) is 5.41 Å². The Kier molecular flexibility index (Phi) is 4.07. The van der Waals surface area contributed by atoms with Gasteiger partial charge in [0.1, 0.15) is 0 Å². The van der Waals surface area contributed by atoms with Crippen LogP contribution < -0.4 is 5.32 Å².